The highest BCUT2D eigenvalue weighted by Gasteiger charge is 2.43. The number of benzene rings is 2. The number of hydrogen-bond acceptors (Lipinski definition) is 3. The van der Waals surface area contributed by atoms with Crippen molar-refractivity contribution in [2.45, 2.75) is 76.7 Å². The Balaban J connectivity index is 1.20. The van der Waals surface area contributed by atoms with Gasteiger partial charge in [-0.1, -0.05) is 67.8 Å². The third-order valence-corrected chi connectivity index (χ3v) is 8.98. The zero-order chi connectivity index (χ0) is 26.4. The SMILES string of the molecule is Cc1cc(C#Cc2ccc(-c3ccc(Cl)cc3)cn2)ccc1OCCC(N)(C1CCCCC1)C1CCCC1. The number of hydrogen-bond donors (Lipinski definition) is 1. The van der Waals surface area contributed by atoms with Gasteiger partial charge in [-0.25, -0.2) is 4.98 Å². The molecule has 0 bridgehead atoms. The van der Waals surface area contributed by atoms with Crippen LogP contribution >= 0.6 is 11.6 Å². The quantitative estimate of drug-likeness (QED) is 0.315. The van der Waals surface area contributed by atoms with E-state index in [4.69, 9.17) is 22.1 Å². The lowest BCUT2D eigenvalue weighted by atomic mass is 9.66. The van der Waals surface area contributed by atoms with Crippen molar-refractivity contribution in [3.05, 3.63) is 82.6 Å². The summed E-state index contributed by atoms with van der Waals surface area (Å²) >= 11 is 5.99. The lowest BCUT2D eigenvalue weighted by Crippen LogP contribution is -2.54. The van der Waals surface area contributed by atoms with Gasteiger partial charge >= 0.3 is 0 Å². The first-order valence-electron chi connectivity index (χ1n) is 14.3. The van der Waals surface area contributed by atoms with E-state index < -0.39 is 0 Å². The Kier molecular flexibility index (Phi) is 8.72. The van der Waals surface area contributed by atoms with Gasteiger partial charge in [-0.15, -0.1) is 0 Å². The molecule has 0 aliphatic heterocycles. The van der Waals surface area contributed by atoms with Gasteiger partial charge in [-0.05, 0) is 104 Å². The summed E-state index contributed by atoms with van der Waals surface area (Å²) in [5.41, 5.74) is 12.1. The summed E-state index contributed by atoms with van der Waals surface area (Å²) in [6, 6.07) is 17.9. The Morgan fingerprint density at radius 3 is 2.16 bits per heavy atom. The molecule has 4 heteroatoms. The van der Waals surface area contributed by atoms with Crippen LogP contribution in [0.5, 0.6) is 5.75 Å². The van der Waals surface area contributed by atoms with Crippen molar-refractivity contribution in [3.8, 4) is 28.7 Å². The molecule has 1 aromatic heterocycles. The van der Waals surface area contributed by atoms with E-state index >= 15 is 0 Å². The largest absolute Gasteiger partial charge is 0.493 e. The average molecular weight is 527 g/mol. The molecule has 1 heterocycles. The van der Waals surface area contributed by atoms with Crippen molar-refractivity contribution in [1.29, 1.82) is 0 Å². The minimum absolute atomic E-state index is 0.0770. The van der Waals surface area contributed by atoms with E-state index in [-0.39, 0.29) is 5.54 Å². The lowest BCUT2D eigenvalue weighted by Gasteiger charge is -2.44. The second-order valence-corrected chi connectivity index (χ2v) is 11.6. The van der Waals surface area contributed by atoms with Crippen molar-refractivity contribution < 1.29 is 4.74 Å². The fraction of sp³-hybridized carbons (Fsp3) is 0.441. The van der Waals surface area contributed by atoms with Crippen LogP contribution in [0.25, 0.3) is 11.1 Å². The first kappa shape index (κ1) is 26.8. The molecule has 2 aliphatic rings. The minimum Gasteiger partial charge on any atom is -0.493 e. The number of aryl methyl sites for hydroxylation is 1. The zero-order valence-corrected chi connectivity index (χ0v) is 23.3. The fourth-order valence-electron chi connectivity index (χ4n) is 6.49. The molecular formula is C34H39ClN2O. The van der Waals surface area contributed by atoms with Crippen LogP contribution in [0.3, 0.4) is 0 Å². The molecule has 2 N–H and O–H groups in total. The summed E-state index contributed by atoms with van der Waals surface area (Å²) < 4.78 is 6.31. The number of nitrogens with two attached hydrogens (primary N) is 1. The van der Waals surface area contributed by atoms with Crippen LogP contribution in [-0.2, 0) is 0 Å². The van der Waals surface area contributed by atoms with Crippen molar-refractivity contribution in [2.24, 2.45) is 17.6 Å². The topological polar surface area (TPSA) is 48.1 Å². The Labute approximate surface area is 233 Å². The van der Waals surface area contributed by atoms with E-state index in [2.05, 4.69) is 29.8 Å². The third kappa shape index (κ3) is 6.42. The predicted molar refractivity (Wildman–Crippen MR) is 157 cm³/mol. The molecular weight excluding hydrogens is 488 g/mol. The molecule has 2 saturated carbocycles. The van der Waals surface area contributed by atoms with E-state index in [1.807, 2.05) is 54.7 Å². The van der Waals surface area contributed by atoms with Crippen molar-refractivity contribution in [1.82, 2.24) is 4.98 Å². The van der Waals surface area contributed by atoms with Gasteiger partial charge in [0.1, 0.15) is 11.4 Å². The first-order valence-corrected chi connectivity index (χ1v) is 14.7. The Morgan fingerprint density at radius 1 is 0.868 bits per heavy atom. The molecule has 2 fully saturated rings. The molecule has 5 rings (SSSR count). The molecule has 2 aromatic carbocycles. The van der Waals surface area contributed by atoms with Crippen molar-refractivity contribution >= 4 is 11.6 Å². The summed E-state index contributed by atoms with van der Waals surface area (Å²) in [5.74, 6) is 8.67. The number of ether oxygens (including phenoxy) is 1. The van der Waals surface area contributed by atoms with Crippen LogP contribution in [0.15, 0.2) is 60.8 Å². The molecule has 1 unspecified atom stereocenters. The Hall–Kier alpha value is -2.80. The molecule has 0 saturated heterocycles. The van der Waals surface area contributed by atoms with Gasteiger partial charge in [-0.2, -0.15) is 0 Å². The number of nitrogens with zero attached hydrogens (tertiary/aromatic N) is 1. The molecule has 3 nitrogen and oxygen atoms in total. The number of pyridine rings is 1. The van der Waals surface area contributed by atoms with E-state index in [0.717, 1.165) is 45.1 Å². The van der Waals surface area contributed by atoms with Gasteiger partial charge in [0.2, 0.25) is 0 Å². The van der Waals surface area contributed by atoms with Gasteiger partial charge in [0.05, 0.1) is 6.61 Å². The molecule has 2 aliphatic carbocycles. The van der Waals surface area contributed by atoms with Crippen molar-refractivity contribution in [2.75, 3.05) is 6.61 Å². The fourth-order valence-corrected chi connectivity index (χ4v) is 6.61. The average Bonchev–Trinajstić information content (AvgIpc) is 3.50. The minimum atomic E-state index is -0.0770. The van der Waals surface area contributed by atoms with E-state index in [1.54, 1.807) is 0 Å². The highest BCUT2D eigenvalue weighted by Crippen LogP contribution is 2.44. The Morgan fingerprint density at radius 2 is 1.53 bits per heavy atom. The summed E-state index contributed by atoms with van der Waals surface area (Å²) in [7, 11) is 0. The second-order valence-electron chi connectivity index (χ2n) is 11.2. The molecule has 0 radical (unpaired) electrons. The summed E-state index contributed by atoms with van der Waals surface area (Å²) in [5, 5.41) is 0.729. The van der Waals surface area contributed by atoms with Gasteiger partial charge in [-0.3, -0.25) is 0 Å². The molecule has 0 spiro atoms. The monoisotopic (exact) mass is 526 g/mol. The van der Waals surface area contributed by atoms with Crippen LogP contribution in [0, 0.1) is 30.6 Å². The lowest BCUT2D eigenvalue weighted by molar-refractivity contribution is 0.105. The molecule has 38 heavy (non-hydrogen) atoms. The smallest absolute Gasteiger partial charge is 0.122 e. The maximum absolute atomic E-state index is 7.24. The third-order valence-electron chi connectivity index (χ3n) is 8.72. The zero-order valence-electron chi connectivity index (χ0n) is 22.5. The number of aromatic nitrogens is 1. The predicted octanol–water partition coefficient (Wildman–Crippen LogP) is 8.35. The number of halogens is 1. The highest BCUT2D eigenvalue weighted by atomic mass is 35.5. The molecule has 198 valence electrons. The molecule has 0 amide bonds. The van der Waals surface area contributed by atoms with Crippen LogP contribution < -0.4 is 10.5 Å². The summed E-state index contributed by atoms with van der Waals surface area (Å²) in [6.07, 6.45) is 14.7. The van der Waals surface area contributed by atoms with Crippen LogP contribution in [0.2, 0.25) is 5.02 Å². The highest BCUT2D eigenvalue weighted by molar-refractivity contribution is 6.30. The van der Waals surface area contributed by atoms with Gasteiger partial charge in [0, 0.05) is 27.9 Å². The van der Waals surface area contributed by atoms with Crippen LogP contribution in [0.4, 0.5) is 0 Å². The van der Waals surface area contributed by atoms with Crippen LogP contribution in [-0.4, -0.2) is 17.1 Å². The van der Waals surface area contributed by atoms with Gasteiger partial charge in [0.15, 0.2) is 0 Å². The van der Waals surface area contributed by atoms with Crippen LogP contribution in [0.1, 0.15) is 81.0 Å². The standard InChI is InChI=1S/C34H39ClN2O/c1-25-23-26(11-18-32-19-15-28(24-37-32)27-13-16-31(35)17-14-27)12-20-33(25)38-22-21-34(36,30-9-5-6-10-30)29-7-3-2-4-8-29/h12-17,19-20,23-24,29-30H,2-10,21-22,36H2,1H3. The maximum atomic E-state index is 7.24. The van der Waals surface area contributed by atoms with E-state index in [1.165, 1.54) is 57.8 Å². The second kappa shape index (κ2) is 12.4. The van der Waals surface area contributed by atoms with E-state index in [0.29, 0.717) is 18.4 Å². The Bertz CT molecular complexity index is 1260. The van der Waals surface area contributed by atoms with Crippen molar-refractivity contribution in [3.63, 3.8) is 0 Å². The van der Waals surface area contributed by atoms with Gasteiger partial charge in [0.25, 0.3) is 0 Å². The molecule has 1 atom stereocenters. The van der Waals surface area contributed by atoms with E-state index in [9.17, 15) is 0 Å². The summed E-state index contributed by atoms with van der Waals surface area (Å²) in [4.78, 5) is 4.52. The first-order chi connectivity index (χ1) is 18.5. The van der Waals surface area contributed by atoms with Gasteiger partial charge < -0.3 is 10.5 Å². The maximum Gasteiger partial charge on any atom is 0.122 e. The number of rotatable bonds is 7. The summed E-state index contributed by atoms with van der Waals surface area (Å²) in [6.45, 7) is 2.77. The normalized spacial score (nSPS) is 18.0. The molecule has 3 aromatic rings.